The summed E-state index contributed by atoms with van der Waals surface area (Å²) in [4.78, 5) is 10.9. The van der Waals surface area contributed by atoms with Gasteiger partial charge in [0.15, 0.2) is 0 Å². The third kappa shape index (κ3) is 8.43. The van der Waals surface area contributed by atoms with Crippen molar-refractivity contribution in [3.63, 3.8) is 0 Å². The molecule has 0 unspecified atom stereocenters. The Bertz CT molecular complexity index is 608. The summed E-state index contributed by atoms with van der Waals surface area (Å²) in [6.45, 7) is 19.7. The second kappa shape index (κ2) is 14.3. The van der Waals surface area contributed by atoms with Gasteiger partial charge in [-0.1, -0.05) is 39.8 Å². The molecule has 0 aliphatic carbocycles. The van der Waals surface area contributed by atoms with E-state index in [-0.39, 0.29) is 0 Å². The lowest BCUT2D eigenvalue weighted by molar-refractivity contribution is 0.122. The molecule has 0 radical (unpaired) electrons. The molecule has 146 valence electrons. The maximum Gasteiger partial charge on any atom is 0.131 e. The molecule has 1 saturated heterocycles. The summed E-state index contributed by atoms with van der Waals surface area (Å²) in [5.41, 5.74) is 4.73. The van der Waals surface area contributed by atoms with E-state index in [0.29, 0.717) is 0 Å². The summed E-state index contributed by atoms with van der Waals surface area (Å²) < 4.78 is 5.29. The number of aryl methyl sites for hydroxylation is 4. The van der Waals surface area contributed by atoms with Crippen molar-refractivity contribution in [3.8, 4) is 0 Å². The van der Waals surface area contributed by atoms with Crippen molar-refractivity contribution in [2.75, 3.05) is 31.2 Å². The van der Waals surface area contributed by atoms with Gasteiger partial charge in [0.25, 0.3) is 0 Å². The number of hydrogen-bond donors (Lipinski definition) is 0. The Morgan fingerprint density at radius 1 is 0.846 bits per heavy atom. The molecule has 0 N–H and O–H groups in total. The minimum atomic E-state index is 0.815. The summed E-state index contributed by atoms with van der Waals surface area (Å²) >= 11 is 0. The van der Waals surface area contributed by atoms with Crippen LogP contribution in [-0.4, -0.2) is 36.3 Å². The lowest BCUT2D eigenvalue weighted by Crippen LogP contribution is -2.37. The van der Waals surface area contributed by atoms with Crippen molar-refractivity contribution in [3.05, 3.63) is 53.0 Å². The molecule has 2 aromatic heterocycles. The number of pyridine rings is 2. The first-order valence-electron chi connectivity index (χ1n) is 9.73. The van der Waals surface area contributed by atoms with Gasteiger partial charge in [0.1, 0.15) is 5.82 Å². The summed E-state index contributed by atoms with van der Waals surface area (Å²) in [7, 11) is 0. The van der Waals surface area contributed by atoms with Crippen molar-refractivity contribution >= 4 is 5.82 Å². The monoisotopic (exact) mass is 359 g/mol. The van der Waals surface area contributed by atoms with Crippen molar-refractivity contribution in [1.82, 2.24) is 9.97 Å². The molecule has 4 heteroatoms. The molecular weight excluding hydrogens is 322 g/mol. The molecule has 3 rings (SSSR count). The second-order valence-corrected chi connectivity index (χ2v) is 5.60. The molecule has 3 heterocycles. The average molecular weight is 360 g/mol. The van der Waals surface area contributed by atoms with Gasteiger partial charge in [0.2, 0.25) is 0 Å². The van der Waals surface area contributed by atoms with Crippen LogP contribution in [0.3, 0.4) is 0 Å². The third-order valence-electron chi connectivity index (χ3n) is 3.78. The quantitative estimate of drug-likeness (QED) is 0.694. The summed E-state index contributed by atoms with van der Waals surface area (Å²) in [5, 5.41) is 0. The lowest BCUT2D eigenvalue weighted by Gasteiger charge is -2.28. The fourth-order valence-electron chi connectivity index (χ4n) is 2.34. The highest BCUT2D eigenvalue weighted by Gasteiger charge is 2.13. The maximum absolute atomic E-state index is 5.29. The Morgan fingerprint density at radius 3 is 1.96 bits per heavy atom. The molecular formula is C22H37N3O. The number of nitrogens with zero attached hydrogens (tertiary/aromatic N) is 3. The molecule has 1 fully saturated rings. The molecule has 0 bridgehead atoms. The van der Waals surface area contributed by atoms with Gasteiger partial charge in [-0.15, -0.1) is 0 Å². The predicted octanol–water partition coefficient (Wildman–Crippen LogP) is 5.29. The molecule has 4 nitrogen and oxygen atoms in total. The van der Waals surface area contributed by atoms with Crippen molar-refractivity contribution < 1.29 is 4.74 Å². The van der Waals surface area contributed by atoms with E-state index in [0.717, 1.165) is 43.5 Å². The predicted molar refractivity (Wildman–Crippen MR) is 113 cm³/mol. The van der Waals surface area contributed by atoms with Crippen LogP contribution in [0.5, 0.6) is 0 Å². The zero-order chi connectivity index (χ0) is 19.9. The van der Waals surface area contributed by atoms with Gasteiger partial charge in [-0.25, -0.2) is 4.98 Å². The van der Waals surface area contributed by atoms with E-state index in [9.17, 15) is 0 Å². The number of hydrogen-bond acceptors (Lipinski definition) is 4. The highest BCUT2D eigenvalue weighted by Crippen LogP contribution is 2.16. The minimum absolute atomic E-state index is 0.815. The standard InChI is InChI=1S/C10H14N2O.C8H11N.2C2H6/c1-9-3-2-4-11-10(9)12-5-7-13-8-6-12;1-6-4-5-7(2)9-8(6)3;2*1-2/h2-4H,5-8H2,1H3;4-5H,1-3H3;2*1-2H3. The van der Waals surface area contributed by atoms with Crippen LogP contribution in [0, 0.1) is 27.7 Å². The van der Waals surface area contributed by atoms with Crippen LogP contribution in [0.4, 0.5) is 5.82 Å². The van der Waals surface area contributed by atoms with Gasteiger partial charge >= 0.3 is 0 Å². The lowest BCUT2D eigenvalue weighted by atomic mass is 10.2. The van der Waals surface area contributed by atoms with Crippen LogP contribution in [0.2, 0.25) is 0 Å². The normalized spacial score (nSPS) is 12.5. The van der Waals surface area contributed by atoms with E-state index in [1.807, 2.05) is 59.9 Å². The van der Waals surface area contributed by atoms with Gasteiger partial charge < -0.3 is 9.64 Å². The van der Waals surface area contributed by atoms with Crippen LogP contribution in [0.15, 0.2) is 30.5 Å². The van der Waals surface area contributed by atoms with E-state index in [1.165, 1.54) is 11.1 Å². The molecule has 2 aromatic rings. The first-order chi connectivity index (χ1) is 12.6. The third-order valence-corrected chi connectivity index (χ3v) is 3.78. The van der Waals surface area contributed by atoms with Gasteiger partial charge in [-0.05, 0) is 51.0 Å². The zero-order valence-electron chi connectivity index (χ0n) is 18.0. The first kappa shape index (κ1) is 24.1. The molecule has 0 spiro atoms. The Morgan fingerprint density at radius 2 is 1.46 bits per heavy atom. The van der Waals surface area contributed by atoms with Crippen molar-refractivity contribution in [2.24, 2.45) is 0 Å². The molecule has 1 aliphatic rings. The molecule has 0 aromatic carbocycles. The summed E-state index contributed by atoms with van der Waals surface area (Å²) in [6, 6.07) is 8.19. The van der Waals surface area contributed by atoms with Gasteiger partial charge in [0.05, 0.1) is 13.2 Å². The molecule has 0 atom stereocenters. The Balaban J connectivity index is 0.000000422. The van der Waals surface area contributed by atoms with Crippen LogP contribution in [0.1, 0.15) is 50.2 Å². The van der Waals surface area contributed by atoms with Gasteiger partial charge in [-0.3, -0.25) is 4.98 Å². The topological polar surface area (TPSA) is 38.2 Å². The Kier molecular flexibility index (Phi) is 13.2. The molecule has 1 aliphatic heterocycles. The minimum Gasteiger partial charge on any atom is -0.378 e. The zero-order valence-corrected chi connectivity index (χ0v) is 18.0. The highest BCUT2D eigenvalue weighted by molar-refractivity contribution is 5.45. The number of rotatable bonds is 1. The van der Waals surface area contributed by atoms with E-state index in [4.69, 9.17) is 4.74 Å². The summed E-state index contributed by atoms with van der Waals surface area (Å²) in [5.74, 6) is 1.10. The van der Waals surface area contributed by atoms with Crippen LogP contribution in [0.25, 0.3) is 0 Å². The smallest absolute Gasteiger partial charge is 0.131 e. The molecule has 0 amide bonds. The van der Waals surface area contributed by atoms with E-state index in [2.05, 4.69) is 40.8 Å². The Labute approximate surface area is 160 Å². The van der Waals surface area contributed by atoms with Crippen LogP contribution in [-0.2, 0) is 4.74 Å². The van der Waals surface area contributed by atoms with Gasteiger partial charge in [0, 0.05) is 30.7 Å². The maximum atomic E-state index is 5.29. The van der Waals surface area contributed by atoms with Crippen molar-refractivity contribution in [2.45, 2.75) is 55.4 Å². The Hall–Kier alpha value is -1.94. The SMILES string of the molecule is CC.CC.Cc1ccc(C)c(C)n1.Cc1cccnc1N1CCOCC1. The second-order valence-electron chi connectivity index (χ2n) is 5.60. The van der Waals surface area contributed by atoms with Crippen molar-refractivity contribution in [1.29, 1.82) is 0 Å². The van der Waals surface area contributed by atoms with E-state index in [1.54, 1.807) is 0 Å². The highest BCUT2D eigenvalue weighted by atomic mass is 16.5. The van der Waals surface area contributed by atoms with E-state index >= 15 is 0 Å². The van der Waals surface area contributed by atoms with Crippen LogP contribution < -0.4 is 4.90 Å². The largest absolute Gasteiger partial charge is 0.378 e. The number of anilines is 1. The number of ether oxygens (including phenoxy) is 1. The van der Waals surface area contributed by atoms with E-state index < -0.39 is 0 Å². The number of morpholine rings is 1. The number of aromatic nitrogens is 2. The molecule has 26 heavy (non-hydrogen) atoms. The fourth-order valence-corrected chi connectivity index (χ4v) is 2.34. The van der Waals surface area contributed by atoms with Crippen LogP contribution >= 0.6 is 0 Å². The first-order valence-corrected chi connectivity index (χ1v) is 9.73. The van der Waals surface area contributed by atoms with Gasteiger partial charge in [-0.2, -0.15) is 0 Å². The molecule has 0 saturated carbocycles. The fraction of sp³-hybridized carbons (Fsp3) is 0.545. The summed E-state index contributed by atoms with van der Waals surface area (Å²) in [6.07, 6.45) is 1.85. The average Bonchev–Trinajstić information content (AvgIpc) is 2.70.